The van der Waals surface area contributed by atoms with Gasteiger partial charge in [0.15, 0.2) is 5.15 Å². The molecule has 0 radical (unpaired) electrons. The van der Waals surface area contributed by atoms with Crippen molar-refractivity contribution in [3.8, 4) is 0 Å². The SMILES string of the molecule is CC(C)N(CC(N)=O)Cc1ccc(Cl)nn1. The van der Waals surface area contributed by atoms with Gasteiger partial charge in [0, 0.05) is 12.6 Å². The van der Waals surface area contributed by atoms with Crippen LogP contribution in [0.3, 0.4) is 0 Å². The summed E-state index contributed by atoms with van der Waals surface area (Å²) in [4.78, 5) is 12.8. The molecule has 0 saturated heterocycles. The number of hydrogen-bond acceptors (Lipinski definition) is 4. The highest BCUT2D eigenvalue weighted by Gasteiger charge is 2.13. The summed E-state index contributed by atoms with van der Waals surface area (Å²) in [6.07, 6.45) is 0. The zero-order valence-corrected chi connectivity index (χ0v) is 10.1. The lowest BCUT2D eigenvalue weighted by atomic mass is 10.2. The maximum atomic E-state index is 10.9. The highest BCUT2D eigenvalue weighted by molar-refractivity contribution is 6.29. The largest absolute Gasteiger partial charge is 0.369 e. The van der Waals surface area contributed by atoms with E-state index in [9.17, 15) is 4.79 Å². The predicted octanol–water partition coefficient (Wildman–Crippen LogP) is 0.826. The van der Waals surface area contributed by atoms with E-state index in [1.54, 1.807) is 12.1 Å². The molecular weight excluding hydrogens is 228 g/mol. The molecule has 1 heterocycles. The molecule has 0 fully saturated rings. The molecular formula is C10H15ClN4O. The summed E-state index contributed by atoms with van der Waals surface area (Å²) in [5.41, 5.74) is 5.93. The lowest BCUT2D eigenvalue weighted by Crippen LogP contribution is -2.38. The Kier molecular flexibility index (Phi) is 4.64. The van der Waals surface area contributed by atoms with Gasteiger partial charge in [-0.05, 0) is 26.0 Å². The Bertz CT molecular complexity index is 352. The minimum atomic E-state index is -0.351. The molecule has 1 aromatic rings. The molecule has 6 heteroatoms. The van der Waals surface area contributed by atoms with Gasteiger partial charge >= 0.3 is 0 Å². The average molecular weight is 243 g/mol. The molecule has 1 rings (SSSR count). The molecule has 16 heavy (non-hydrogen) atoms. The summed E-state index contributed by atoms with van der Waals surface area (Å²) in [5.74, 6) is -0.351. The van der Waals surface area contributed by atoms with Gasteiger partial charge in [0.1, 0.15) is 0 Å². The number of amides is 1. The van der Waals surface area contributed by atoms with Crippen LogP contribution in [0.15, 0.2) is 12.1 Å². The first kappa shape index (κ1) is 12.9. The lowest BCUT2D eigenvalue weighted by Gasteiger charge is -2.24. The minimum absolute atomic E-state index is 0.210. The highest BCUT2D eigenvalue weighted by atomic mass is 35.5. The number of carbonyl (C=O) groups is 1. The fraction of sp³-hybridized carbons (Fsp3) is 0.500. The van der Waals surface area contributed by atoms with Crippen LogP contribution in [0, 0.1) is 0 Å². The van der Waals surface area contributed by atoms with Crippen molar-refractivity contribution >= 4 is 17.5 Å². The summed E-state index contributed by atoms with van der Waals surface area (Å²) >= 11 is 5.63. The number of nitrogens with two attached hydrogens (primary N) is 1. The Labute approximate surface area is 99.6 Å². The Morgan fingerprint density at radius 1 is 1.50 bits per heavy atom. The van der Waals surface area contributed by atoms with Crippen LogP contribution in [-0.2, 0) is 11.3 Å². The molecule has 0 bridgehead atoms. The van der Waals surface area contributed by atoms with E-state index in [1.807, 2.05) is 18.7 Å². The molecule has 0 saturated carbocycles. The Hall–Kier alpha value is -1.20. The van der Waals surface area contributed by atoms with E-state index in [-0.39, 0.29) is 18.5 Å². The van der Waals surface area contributed by atoms with Gasteiger partial charge in [0.25, 0.3) is 0 Å². The van der Waals surface area contributed by atoms with Crippen LogP contribution in [0.2, 0.25) is 5.15 Å². The highest BCUT2D eigenvalue weighted by Crippen LogP contribution is 2.07. The van der Waals surface area contributed by atoms with Crippen LogP contribution < -0.4 is 5.73 Å². The molecule has 0 aliphatic carbocycles. The van der Waals surface area contributed by atoms with Crippen LogP contribution in [-0.4, -0.2) is 33.6 Å². The second-order valence-corrected chi connectivity index (χ2v) is 4.20. The van der Waals surface area contributed by atoms with Crippen molar-refractivity contribution in [3.63, 3.8) is 0 Å². The number of halogens is 1. The molecule has 0 aliphatic heterocycles. The van der Waals surface area contributed by atoms with E-state index < -0.39 is 0 Å². The topological polar surface area (TPSA) is 72.1 Å². The maximum absolute atomic E-state index is 10.9. The first-order valence-electron chi connectivity index (χ1n) is 4.99. The number of nitrogens with zero attached hydrogens (tertiary/aromatic N) is 3. The van der Waals surface area contributed by atoms with Gasteiger partial charge in [0.2, 0.25) is 5.91 Å². The number of primary amides is 1. The second-order valence-electron chi connectivity index (χ2n) is 3.81. The first-order chi connectivity index (χ1) is 7.49. The zero-order chi connectivity index (χ0) is 12.1. The summed E-state index contributed by atoms with van der Waals surface area (Å²) in [6, 6.07) is 3.67. The molecule has 88 valence electrons. The smallest absolute Gasteiger partial charge is 0.231 e. The van der Waals surface area contributed by atoms with Crippen molar-refractivity contribution in [2.75, 3.05) is 6.54 Å². The van der Waals surface area contributed by atoms with E-state index in [1.165, 1.54) is 0 Å². The van der Waals surface area contributed by atoms with Crippen LogP contribution in [0.4, 0.5) is 0 Å². The van der Waals surface area contributed by atoms with Gasteiger partial charge in [0.05, 0.1) is 12.2 Å². The Balaban J connectivity index is 2.67. The van der Waals surface area contributed by atoms with Gasteiger partial charge in [-0.1, -0.05) is 11.6 Å². The molecule has 1 aromatic heterocycles. The molecule has 0 aromatic carbocycles. The van der Waals surface area contributed by atoms with E-state index in [0.29, 0.717) is 11.7 Å². The van der Waals surface area contributed by atoms with Crippen LogP contribution in [0.25, 0.3) is 0 Å². The Morgan fingerprint density at radius 2 is 2.19 bits per heavy atom. The molecule has 2 N–H and O–H groups in total. The van der Waals surface area contributed by atoms with E-state index in [2.05, 4.69) is 10.2 Å². The maximum Gasteiger partial charge on any atom is 0.231 e. The van der Waals surface area contributed by atoms with E-state index >= 15 is 0 Å². The molecule has 1 amide bonds. The van der Waals surface area contributed by atoms with Gasteiger partial charge in [-0.2, -0.15) is 5.10 Å². The monoisotopic (exact) mass is 242 g/mol. The van der Waals surface area contributed by atoms with E-state index in [0.717, 1.165) is 5.69 Å². The second kappa shape index (κ2) is 5.77. The normalized spacial score (nSPS) is 11.1. The quantitative estimate of drug-likeness (QED) is 0.830. The fourth-order valence-corrected chi connectivity index (χ4v) is 1.36. The van der Waals surface area contributed by atoms with Crippen molar-refractivity contribution in [3.05, 3.63) is 23.0 Å². The van der Waals surface area contributed by atoms with Gasteiger partial charge in [-0.25, -0.2) is 0 Å². The van der Waals surface area contributed by atoms with Crippen molar-refractivity contribution in [1.29, 1.82) is 0 Å². The fourth-order valence-electron chi connectivity index (χ4n) is 1.26. The number of aromatic nitrogens is 2. The minimum Gasteiger partial charge on any atom is -0.369 e. The molecule has 0 aliphatic rings. The van der Waals surface area contributed by atoms with Gasteiger partial charge < -0.3 is 5.73 Å². The summed E-state index contributed by atoms with van der Waals surface area (Å²) in [6.45, 7) is 4.73. The van der Waals surface area contributed by atoms with Crippen molar-refractivity contribution in [2.24, 2.45) is 5.73 Å². The van der Waals surface area contributed by atoms with Crippen LogP contribution in [0.5, 0.6) is 0 Å². The third-order valence-corrected chi connectivity index (χ3v) is 2.34. The predicted molar refractivity (Wildman–Crippen MR) is 61.8 cm³/mol. The Morgan fingerprint density at radius 3 is 2.62 bits per heavy atom. The molecule has 0 unspecified atom stereocenters. The summed E-state index contributed by atoms with van der Waals surface area (Å²) < 4.78 is 0. The first-order valence-corrected chi connectivity index (χ1v) is 5.37. The average Bonchev–Trinajstić information content (AvgIpc) is 2.19. The lowest BCUT2D eigenvalue weighted by molar-refractivity contribution is -0.119. The zero-order valence-electron chi connectivity index (χ0n) is 9.35. The number of hydrogen-bond donors (Lipinski definition) is 1. The standard InChI is InChI=1S/C10H15ClN4O/c1-7(2)15(6-10(12)16)5-8-3-4-9(11)14-13-8/h3-4,7H,5-6H2,1-2H3,(H2,12,16). The van der Waals surface area contributed by atoms with Gasteiger partial charge in [-0.3, -0.25) is 9.69 Å². The summed E-state index contributed by atoms with van der Waals surface area (Å²) in [5, 5.41) is 8.03. The third-order valence-electron chi connectivity index (χ3n) is 2.14. The molecule has 0 atom stereocenters. The van der Waals surface area contributed by atoms with Crippen molar-refractivity contribution in [2.45, 2.75) is 26.4 Å². The van der Waals surface area contributed by atoms with Crippen molar-refractivity contribution in [1.82, 2.24) is 15.1 Å². The van der Waals surface area contributed by atoms with Crippen molar-refractivity contribution < 1.29 is 4.79 Å². The van der Waals surface area contributed by atoms with Crippen LogP contribution >= 0.6 is 11.6 Å². The summed E-state index contributed by atoms with van der Waals surface area (Å²) in [7, 11) is 0. The molecule has 5 nitrogen and oxygen atoms in total. The van der Waals surface area contributed by atoms with E-state index in [4.69, 9.17) is 17.3 Å². The molecule has 0 spiro atoms. The number of carbonyl (C=O) groups excluding carboxylic acids is 1. The van der Waals surface area contributed by atoms with Crippen LogP contribution in [0.1, 0.15) is 19.5 Å². The number of rotatable bonds is 5. The third kappa shape index (κ3) is 4.12. The van der Waals surface area contributed by atoms with Gasteiger partial charge in [-0.15, -0.1) is 5.10 Å².